The van der Waals surface area contributed by atoms with E-state index >= 15 is 0 Å². The minimum Gasteiger partial charge on any atom is -0.480 e. The first-order chi connectivity index (χ1) is 12.1. The van der Waals surface area contributed by atoms with Gasteiger partial charge < -0.3 is 15.2 Å². The summed E-state index contributed by atoms with van der Waals surface area (Å²) in [5.74, 6) is -0.705. The molecule has 0 aliphatic heterocycles. The van der Waals surface area contributed by atoms with Crippen LogP contribution in [0.25, 0.3) is 0 Å². The number of pyridine rings is 1. The quantitative estimate of drug-likeness (QED) is 0.771. The van der Waals surface area contributed by atoms with Crippen LogP contribution in [0.3, 0.4) is 0 Å². The number of carbonyl (C=O) groups is 2. The van der Waals surface area contributed by atoms with E-state index in [2.05, 4.69) is 10.3 Å². The number of aromatic nitrogens is 1. The molecule has 1 aromatic carbocycles. The lowest BCUT2D eigenvalue weighted by molar-refractivity contribution is -0.139. The summed E-state index contributed by atoms with van der Waals surface area (Å²) < 4.78 is 5.60. The zero-order chi connectivity index (χ0) is 17.6. The fourth-order valence-corrected chi connectivity index (χ4v) is 2.51. The molecule has 6 heteroatoms. The zero-order valence-corrected chi connectivity index (χ0v) is 13.7. The van der Waals surface area contributed by atoms with Gasteiger partial charge in [0, 0.05) is 17.8 Å². The van der Waals surface area contributed by atoms with Crippen molar-refractivity contribution in [3.63, 3.8) is 0 Å². The highest BCUT2D eigenvalue weighted by Crippen LogP contribution is 2.33. The Labute approximate surface area is 145 Å². The number of hydrogen-bond donors (Lipinski definition) is 2. The third-order valence-corrected chi connectivity index (χ3v) is 4.10. The minimum atomic E-state index is -1.00. The lowest BCUT2D eigenvalue weighted by Crippen LogP contribution is -2.41. The molecule has 0 spiro atoms. The second-order valence-corrected chi connectivity index (χ2v) is 6.20. The van der Waals surface area contributed by atoms with Crippen LogP contribution in [0.1, 0.15) is 35.2 Å². The minimum absolute atomic E-state index is 0.325. The molecule has 130 valence electrons. The monoisotopic (exact) mass is 340 g/mol. The number of aliphatic carboxylic acids is 1. The Morgan fingerprint density at radius 1 is 1.24 bits per heavy atom. The standard InChI is InChI=1S/C19H20N2O4/c22-18(21-16(19(23)24)10-13-6-7-13)15-8-9-20-17(11-15)25-12-14-4-2-1-3-5-14/h1-5,8-9,11,13,16H,6-7,10,12H2,(H,21,22)(H,23,24). The molecule has 1 aliphatic rings. The molecule has 0 radical (unpaired) electrons. The van der Waals surface area contributed by atoms with Crippen LogP contribution >= 0.6 is 0 Å². The first-order valence-electron chi connectivity index (χ1n) is 8.28. The number of rotatable bonds is 8. The topological polar surface area (TPSA) is 88.5 Å². The van der Waals surface area contributed by atoms with Crippen molar-refractivity contribution in [3.05, 3.63) is 59.8 Å². The first kappa shape index (κ1) is 17.0. The van der Waals surface area contributed by atoms with Gasteiger partial charge in [0.1, 0.15) is 12.6 Å². The van der Waals surface area contributed by atoms with E-state index in [1.54, 1.807) is 6.07 Å². The van der Waals surface area contributed by atoms with Crippen molar-refractivity contribution in [1.82, 2.24) is 10.3 Å². The maximum Gasteiger partial charge on any atom is 0.326 e. The van der Waals surface area contributed by atoms with E-state index in [1.807, 2.05) is 30.3 Å². The van der Waals surface area contributed by atoms with Crippen molar-refractivity contribution in [2.24, 2.45) is 5.92 Å². The van der Waals surface area contributed by atoms with E-state index < -0.39 is 17.9 Å². The number of carboxylic acids is 1. The lowest BCUT2D eigenvalue weighted by atomic mass is 10.1. The second-order valence-electron chi connectivity index (χ2n) is 6.20. The molecule has 1 aliphatic carbocycles. The summed E-state index contributed by atoms with van der Waals surface area (Å²) in [5, 5.41) is 11.8. The summed E-state index contributed by atoms with van der Waals surface area (Å²) in [4.78, 5) is 27.7. The molecule has 1 unspecified atom stereocenters. The SMILES string of the molecule is O=C(NC(CC1CC1)C(=O)O)c1ccnc(OCc2ccccc2)c1. The number of benzene rings is 1. The molecule has 2 N–H and O–H groups in total. The second kappa shape index (κ2) is 7.79. The van der Waals surface area contributed by atoms with Crippen molar-refractivity contribution >= 4 is 11.9 Å². The molecule has 6 nitrogen and oxygen atoms in total. The molecule has 1 atom stereocenters. The molecule has 25 heavy (non-hydrogen) atoms. The highest BCUT2D eigenvalue weighted by atomic mass is 16.5. The summed E-state index contributed by atoms with van der Waals surface area (Å²) in [6, 6.07) is 11.8. The van der Waals surface area contributed by atoms with Crippen LogP contribution in [0.2, 0.25) is 0 Å². The van der Waals surface area contributed by atoms with Gasteiger partial charge in [-0.15, -0.1) is 0 Å². The van der Waals surface area contributed by atoms with E-state index in [-0.39, 0.29) is 0 Å². The fraction of sp³-hybridized carbons (Fsp3) is 0.316. The molecule has 1 heterocycles. The number of ether oxygens (including phenoxy) is 1. The van der Waals surface area contributed by atoms with Crippen LogP contribution in [0.5, 0.6) is 5.88 Å². The van der Waals surface area contributed by atoms with Gasteiger partial charge in [-0.3, -0.25) is 4.79 Å². The number of hydrogen-bond acceptors (Lipinski definition) is 4. The van der Waals surface area contributed by atoms with Gasteiger partial charge in [0.25, 0.3) is 5.91 Å². The molecule has 1 saturated carbocycles. The maximum absolute atomic E-state index is 12.3. The highest BCUT2D eigenvalue weighted by Gasteiger charge is 2.30. The molecule has 0 bridgehead atoms. The molecule has 0 saturated heterocycles. The smallest absolute Gasteiger partial charge is 0.326 e. The van der Waals surface area contributed by atoms with E-state index in [9.17, 15) is 14.7 Å². The van der Waals surface area contributed by atoms with E-state index in [0.29, 0.717) is 30.4 Å². The number of carbonyl (C=O) groups excluding carboxylic acids is 1. The Balaban J connectivity index is 1.61. The molecule has 2 aromatic rings. The third kappa shape index (κ3) is 5.04. The Morgan fingerprint density at radius 3 is 2.68 bits per heavy atom. The predicted molar refractivity (Wildman–Crippen MR) is 91.2 cm³/mol. The van der Waals surface area contributed by atoms with Crippen LogP contribution in [0.4, 0.5) is 0 Å². The predicted octanol–water partition coefficient (Wildman–Crippen LogP) is 2.64. The van der Waals surface area contributed by atoms with E-state index in [1.165, 1.54) is 12.3 Å². The fourth-order valence-electron chi connectivity index (χ4n) is 2.51. The summed E-state index contributed by atoms with van der Waals surface area (Å²) in [7, 11) is 0. The number of nitrogens with zero attached hydrogens (tertiary/aromatic N) is 1. The van der Waals surface area contributed by atoms with Crippen LogP contribution in [-0.2, 0) is 11.4 Å². The average Bonchev–Trinajstić information content (AvgIpc) is 3.44. The first-order valence-corrected chi connectivity index (χ1v) is 8.28. The highest BCUT2D eigenvalue weighted by molar-refractivity contribution is 5.96. The number of carboxylic acid groups (broad SMARTS) is 1. The zero-order valence-electron chi connectivity index (χ0n) is 13.7. The van der Waals surface area contributed by atoms with Gasteiger partial charge >= 0.3 is 5.97 Å². The van der Waals surface area contributed by atoms with Crippen molar-refractivity contribution in [2.75, 3.05) is 0 Å². The summed E-state index contributed by atoms with van der Waals surface area (Å²) in [5.41, 5.74) is 1.33. The van der Waals surface area contributed by atoms with Crippen molar-refractivity contribution in [2.45, 2.75) is 31.9 Å². The molecular formula is C19H20N2O4. The molecule has 1 fully saturated rings. The Morgan fingerprint density at radius 2 is 2.00 bits per heavy atom. The van der Waals surface area contributed by atoms with Crippen LogP contribution in [0.15, 0.2) is 48.7 Å². The van der Waals surface area contributed by atoms with Gasteiger partial charge in [0.15, 0.2) is 0 Å². The van der Waals surface area contributed by atoms with Crippen molar-refractivity contribution < 1.29 is 19.4 Å². The largest absolute Gasteiger partial charge is 0.480 e. The Bertz CT molecular complexity index is 744. The van der Waals surface area contributed by atoms with Gasteiger partial charge in [-0.25, -0.2) is 9.78 Å². The molecule has 1 amide bonds. The summed E-state index contributed by atoms with van der Waals surface area (Å²) >= 11 is 0. The summed E-state index contributed by atoms with van der Waals surface area (Å²) in [6.07, 6.45) is 4.02. The van der Waals surface area contributed by atoms with Gasteiger partial charge in [0.2, 0.25) is 5.88 Å². The van der Waals surface area contributed by atoms with Gasteiger partial charge in [-0.1, -0.05) is 43.2 Å². The third-order valence-electron chi connectivity index (χ3n) is 4.10. The van der Waals surface area contributed by atoms with Crippen LogP contribution in [0, 0.1) is 5.92 Å². The average molecular weight is 340 g/mol. The van der Waals surface area contributed by atoms with Gasteiger partial charge in [0.05, 0.1) is 0 Å². The van der Waals surface area contributed by atoms with Gasteiger partial charge in [-0.2, -0.15) is 0 Å². The normalized spacial score (nSPS) is 14.6. The van der Waals surface area contributed by atoms with Crippen molar-refractivity contribution in [3.8, 4) is 5.88 Å². The van der Waals surface area contributed by atoms with E-state index in [0.717, 1.165) is 18.4 Å². The Kier molecular flexibility index (Phi) is 5.28. The van der Waals surface area contributed by atoms with Crippen LogP contribution in [-0.4, -0.2) is 28.0 Å². The van der Waals surface area contributed by atoms with Crippen molar-refractivity contribution in [1.29, 1.82) is 0 Å². The number of amides is 1. The Hall–Kier alpha value is -2.89. The van der Waals surface area contributed by atoms with E-state index in [4.69, 9.17) is 4.74 Å². The lowest BCUT2D eigenvalue weighted by Gasteiger charge is -2.14. The molecule has 1 aromatic heterocycles. The van der Waals surface area contributed by atoms with Gasteiger partial charge in [-0.05, 0) is 24.0 Å². The van der Waals surface area contributed by atoms with Crippen LogP contribution < -0.4 is 10.1 Å². The molecule has 3 rings (SSSR count). The molecular weight excluding hydrogens is 320 g/mol. The summed E-state index contributed by atoms with van der Waals surface area (Å²) in [6.45, 7) is 0.346. The number of nitrogens with one attached hydrogen (secondary N) is 1. The maximum atomic E-state index is 12.3.